The fourth-order valence-electron chi connectivity index (χ4n) is 1.76. The van der Waals surface area contributed by atoms with Crippen LogP contribution in [0.25, 0.3) is 0 Å². The molecule has 102 valence electrons. The average Bonchev–Trinajstić information content (AvgIpc) is 2.47. The molecule has 0 radical (unpaired) electrons. The van der Waals surface area contributed by atoms with E-state index in [9.17, 15) is 4.79 Å². The van der Waals surface area contributed by atoms with Gasteiger partial charge in [0.25, 0.3) is 0 Å². The minimum atomic E-state index is -0.582. The number of rotatable bonds is 4. The highest BCUT2D eigenvalue weighted by Gasteiger charge is 1.99. The Morgan fingerprint density at radius 1 is 1.10 bits per heavy atom. The zero-order valence-electron chi connectivity index (χ0n) is 11.4. The Morgan fingerprint density at radius 3 is 2.30 bits per heavy atom. The van der Waals surface area contributed by atoms with Crippen LogP contribution in [0.2, 0.25) is 0 Å². The maximum atomic E-state index is 10.8. The van der Waals surface area contributed by atoms with Crippen LogP contribution >= 0.6 is 0 Å². The van der Waals surface area contributed by atoms with Crippen LogP contribution in [0.4, 0.5) is 4.79 Å². The predicted molar refractivity (Wildman–Crippen MR) is 80.6 cm³/mol. The zero-order valence-corrected chi connectivity index (χ0v) is 11.4. The van der Waals surface area contributed by atoms with Gasteiger partial charge in [-0.25, -0.2) is 9.80 Å². The predicted octanol–water partition coefficient (Wildman–Crippen LogP) is 2.62. The minimum absolute atomic E-state index is 0.582. The van der Waals surface area contributed by atoms with Gasteiger partial charge in [-0.05, 0) is 23.1 Å². The summed E-state index contributed by atoms with van der Waals surface area (Å²) < 4.78 is 0. The van der Waals surface area contributed by atoms with E-state index >= 15 is 0 Å². The number of hydrogen-bond donors (Lipinski definition) is 1. The third-order valence-corrected chi connectivity index (χ3v) is 2.93. The summed E-state index contributed by atoms with van der Waals surface area (Å²) in [6.45, 7) is 0. The molecule has 0 aromatic heterocycles. The monoisotopic (exact) mass is 267 g/mol. The van der Waals surface area contributed by atoms with E-state index in [2.05, 4.69) is 29.4 Å². The Labute approximate surface area is 118 Å². The van der Waals surface area contributed by atoms with Crippen molar-refractivity contribution in [2.24, 2.45) is 10.8 Å². The fraction of sp³-hybridized carbons (Fsp3) is 0.125. The van der Waals surface area contributed by atoms with E-state index in [4.69, 9.17) is 5.73 Å². The molecule has 0 heterocycles. The first-order valence-corrected chi connectivity index (χ1v) is 6.35. The molecule has 0 unspecified atom stereocenters. The van der Waals surface area contributed by atoms with Crippen molar-refractivity contribution >= 4 is 12.2 Å². The van der Waals surface area contributed by atoms with Crippen molar-refractivity contribution in [1.82, 2.24) is 5.01 Å². The Morgan fingerprint density at radius 2 is 1.70 bits per heavy atom. The molecule has 0 fully saturated rings. The van der Waals surface area contributed by atoms with Gasteiger partial charge in [-0.3, -0.25) is 0 Å². The van der Waals surface area contributed by atoms with Crippen LogP contribution in [0.15, 0.2) is 59.7 Å². The number of nitrogens with zero attached hydrogens (tertiary/aromatic N) is 2. The minimum Gasteiger partial charge on any atom is -0.350 e. The van der Waals surface area contributed by atoms with Crippen molar-refractivity contribution in [2.75, 3.05) is 7.05 Å². The van der Waals surface area contributed by atoms with Crippen LogP contribution in [-0.2, 0) is 6.42 Å². The molecule has 4 nitrogen and oxygen atoms in total. The van der Waals surface area contributed by atoms with E-state index in [0.717, 1.165) is 17.0 Å². The molecule has 0 saturated carbocycles. The van der Waals surface area contributed by atoms with Crippen molar-refractivity contribution in [1.29, 1.82) is 0 Å². The van der Waals surface area contributed by atoms with Gasteiger partial charge in [0.2, 0.25) is 0 Å². The fourth-order valence-corrected chi connectivity index (χ4v) is 1.76. The number of urea groups is 1. The van der Waals surface area contributed by atoms with Crippen LogP contribution in [0, 0.1) is 0 Å². The van der Waals surface area contributed by atoms with Gasteiger partial charge in [-0.2, -0.15) is 5.10 Å². The maximum absolute atomic E-state index is 10.8. The third kappa shape index (κ3) is 3.95. The number of carbonyl (C=O) groups is 1. The topological polar surface area (TPSA) is 58.7 Å². The van der Waals surface area contributed by atoms with E-state index < -0.39 is 6.03 Å². The van der Waals surface area contributed by atoms with Crippen molar-refractivity contribution in [2.45, 2.75) is 6.42 Å². The second-order valence-electron chi connectivity index (χ2n) is 4.51. The molecule has 2 aromatic rings. The van der Waals surface area contributed by atoms with Gasteiger partial charge in [0.1, 0.15) is 0 Å². The number of primary amides is 1. The summed E-state index contributed by atoms with van der Waals surface area (Å²) in [5.74, 6) is 0. The van der Waals surface area contributed by atoms with Crippen molar-refractivity contribution in [3.63, 3.8) is 0 Å². The molecule has 0 aliphatic carbocycles. The molecule has 0 spiro atoms. The van der Waals surface area contributed by atoms with Gasteiger partial charge >= 0.3 is 6.03 Å². The van der Waals surface area contributed by atoms with Crippen LogP contribution in [-0.4, -0.2) is 24.3 Å². The molecule has 2 N–H and O–H groups in total. The number of nitrogens with two attached hydrogens (primary N) is 1. The first kappa shape index (κ1) is 13.8. The zero-order chi connectivity index (χ0) is 14.4. The smallest absolute Gasteiger partial charge is 0.334 e. The molecule has 2 rings (SSSR count). The standard InChI is InChI=1S/C16H17N3O/c1-19(16(17)20)18-12-15-9-7-14(8-10-15)11-13-5-3-2-4-6-13/h2-10,12H,11H2,1H3,(H2,17,20). The van der Waals surface area contributed by atoms with Crippen molar-refractivity contribution < 1.29 is 4.79 Å². The Hall–Kier alpha value is -2.62. The van der Waals surface area contributed by atoms with E-state index in [1.54, 1.807) is 6.21 Å². The van der Waals surface area contributed by atoms with E-state index in [1.165, 1.54) is 18.2 Å². The summed E-state index contributed by atoms with van der Waals surface area (Å²) >= 11 is 0. The normalized spacial score (nSPS) is 10.7. The lowest BCUT2D eigenvalue weighted by Crippen LogP contribution is -2.27. The Balaban J connectivity index is 2.01. The molecule has 0 bridgehead atoms. The molecule has 2 aromatic carbocycles. The Bertz CT molecular complexity index is 591. The second kappa shape index (κ2) is 6.52. The lowest BCUT2D eigenvalue weighted by Gasteiger charge is -2.06. The average molecular weight is 267 g/mol. The third-order valence-electron chi connectivity index (χ3n) is 2.93. The molecule has 2 amide bonds. The summed E-state index contributed by atoms with van der Waals surface area (Å²) in [5, 5.41) is 5.04. The molecule has 0 atom stereocenters. The van der Waals surface area contributed by atoms with E-state index in [-0.39, 0.29) is 0 Å². The number of carbonyl (C=O) groups excluding carboxylic acids is 1. The summed E-state index contributed by atoms with van der Waals surface area (Å²) in [6.07, 6.45) is 2.51. The van der Waals surface area contributed by atoms with Gasteiger partial charge in [-0.1, -0.05) is 54.6 Å². The van der Waals surface area contributed by atoms with E-state index in [0.29, 0.717) is 0 Å². The number of hydrogen-bond acceptors (Lipinski definition) is 2. The molecule has 4 heteroatoms. The quantitative estimate of drug-likeness (QED) is 0.672. The van der Waals surface area contributed by atoms with E-state index in [1.807, 2.05) is 30.3 Å². The number of hydrazone groups is 1. The molecular formula is C16H17N3O. The van der Waals surface area contributed by atoms with Gasteiger partial charge < -0.3 is 5.73 Å². The number of benzene rings is 2. The highest BCUT2D eigenvalue weighted by Crippen LogP contribution is 2.10. The molecule has 20 heavy (non-hydrogen) atoms. The molecule has 0 saturated heterocycles. The first-order chi connectivity index (χ1) is 9.65. The summed E-state index contributed by atoms with van der Waals surface area (Å²) in [6, 6.07) is 17.8. The lowest BCUT2D eigenvalue weighted by molar-refractivity contribution is 0.220. The van der Waals surface area contributed by atoms with Crippen molar-refractivity contribution in [3.8, 4) is 0 Å². The molecular weight excluding hydrogens is 250 g/mol. The van der Waals surface area contributed by atoms with Gasteiger partial charge in [0, 0.05) is 7.05 Å². The summed E-state index contributed by atoms with van der Waals surface area (Å²) in [5.41, 5.74) is 8.52. The van der Waals surface area contributed by atoms with Gasteiger partial charge in [0.05, 0.1) is 6.21 Å². The lowest BCUT2D eigenvalue weighted by atomic mass is 10.0. The summed E-state index contributed by atoms with van der Waals surface area (Å²) in [4.78, 5) is 10.8. The number of amides is 2. The van der Waals surface area contributed by atoms with Crippen LogP contribution in [0.1, 0.15) is 16.7 Å². The SMILES string of the molecule is CN(N=Cc1ccc(Cc2ccccc2)cc1)C(N)=O. The maximum Gasteiger partial charge on any atom is 0.334 e. The summed E-state index contributed by atoms with van der Waals surface area (Å²) in [7, 11) is 1.52. The van der Waals surface area contributed by atoms with Crippen LogP contribution < -0.4 is 5.73 Å². The largest absolute Gasteiger partial charge is 0.350 e. The first-order valence-electron chi connectivity index (χ1n) is 6.35. The molecule has 0 aliphatic heterocycles. The van der Waals surface area contributed by atoms with Crippen molar-refractivity contribution in [3.05, 3.63) is 71.3 Å². The van der Waals surface area contributed by atoms with Gasteiger partial charge in [0.15, 0.2) is 0 Å². The highest BCUT2D eigenvalue weighted by molar-refractivity contribution is 5.81. The van der Waals surface area contributed by atoms with Crippen LogP contribution in [0.5, 0.6) is 0 Å². The molecule has 0 aliphatic rings. The van der Waals surface area contributed by atoms with Crippen LogP contribution in [0.3, 0.4) is 0 Å². The Kier molecular flexibility index (Phi) is 4.50. The van der Waals surface area contributed by atoms with Gasteiger partial charge in [-0.15, -0.1) is 0 Å². The highest BCUT2D eigenvalue weighted by atomic mass is 16.2. The second-order valence-corrected chi connectivity index (χ2v) is 4.51.